The van der Waals surface area contributed by atoms with E-state index in [-0.39, 0.29) is 37.2 Å². The molecule has 0 aromatic rings. The molecule has 2 rings (SSSR count). The minimum Gasteiger partial charge on any atom is -0.481 e. The number of likely N-dealkylation sites (tertiary alicyclic amines) is 1. The van der Waals surface area contributed by atoms with Gasteiger partial charge in [0.1, 0.15) is 6.61 Å². The molecule has 144 valence electrons. The molecule has 5 atom stereocenters. The summed E-state index contributed by atoms with van der Waals surface area (Å²) in [7, 11) is 1.60. The van der Waals surface area contributed by atoms with Crippen LogP contribution in [0.5, 0.6) is 0 Å². The van der Waals surface area contributed by atoms with Gasteiger partial charge in [0, 0.05) is 19.7 Å². The Labute approximate surface area is 150 Å². The Morgan fingerprint density at radius 3 is 2.56 bits per heavy atom. The fourth-order valence-corrected chi connectivity index (χ4v) is 4.31. The largest absolute Gasteiger partial charge is 0.481 e. The smallest absolute Gasteiger partial charge is 0.305 e. The summed E-state index contributed by atoms with van der Waals surface area (Å²) in [6, 6.07) is -0.301. The highest BCUT2D eigenvalue weighted by molar-refractivity contribution is 5.79. The predicted octanol–water partition coefficient (Wildman–Crippen LogP) is 2.55. The highest BCUT2D eigenvalue weighted by Gasteiger charge is 2.37. The molecule has 0 aromatic heterocycles. The SMILES string of the molecule is COC1CC(CC(=O)O)N(C(=O)COC2CC(C)CCC2C(C)C)C1. The fraction of sp³-hybridized carbons (Fsp3) is 0.895. The molecule has 2 fully saturated rings. The molecule has 6 heteroatoms. The zero-order valence-electron chi connectivity index (χ0n) is 15.9. The minimum atomic E-state index is -0.888. The Bertz CT molecular complexity index is 467. The highest BCUT2D eigenvalue weighted by atomic mass is 16.5. The van der Waals surface area contributed by atoms with Gasteiger partial charge in [-0.05, 0) is 37.0 Å². The number of carbonyl (C=O) groups excluding carboxylic acids is 1. The second-order valence-corrected chi connectivity index (χ2v) is 8.07. The first kappa shape index (κ1) is 20.2. The molecule has 1 saturated carbocycles. The molecule has 6 nitrogen and oxygen atoms in total. The highest BCUT2D eigenvalue weighted by Crippen LogP contribution is 2.35. The second-order valence-electron chi connectivity index (χ2n) is 8.07. The average molecular weight is 355 g/mol. The first-order chi connectivity index (χ1) is 11.8. The van der Waals surface area contributed by atoms with Gasteiger partial charge in [0.05, 0.1) is 18.6 Å². The van der Waals surface area contributed by atoms with Crippen LogP contribution in [-0.4, -0.2) is 60.4 Å². The molecule has 0 aromatic carbocycles. The number of carbonyl (C=O) groups is 2. The van der Waals surface area contributed by atoms with Gasteiger partial charge in [-0.25, -0.2) is 0 Å². The molecular weight excluding hydrogens is 322 g/mol. The lowest BCUT2D eigenvalue weighted by atomic mass is 9.75. The molecule has 1 saturated heterocycles. The maximum absolute atomic E-state index is 12.7. The van der Waals surface area contributed by atoms with Crippen molar-refractivity contribution in [1.82, 2.24) is 4.90 Å². The lowest BCUT2D eigenvalue weighted by molar-refractivity contribution is -0.145. The van der Waals surface area contributed by atoms with Crippen molar-refractivity contribution >= 4 is 11.9 Å². The maximum atomic E-state index is 12.7. The van der Waals surface area contributed by atoms with Crippen molar-refractivity contribution in [2.75, 3.05) is 20.3 Å². The molecule has 5 unspecified atom stereocenters. The lowest BCUT2D eigenvalue weighted by Gasteiger charge is -2.37. The normalized spacial score (nSPS) is 33.0. The Balaban J connectivity index is 1.93. The molecule has 1 N–H and O–H groups in total. The second kappa shape index (κ2) is 8.99. The van der Waals surface area contributed by atoms with Crippen LogP contribution in [0.3, 0.4) is 0 Å². The molecule has 0 radical (unpaired) electrons. The molecule has 0 spiro atoms. The number of amides is 1. The number of hydrogen-bond donors (Lipinski definition) is 1. The van der Waals surface area contributed by atoms with Crippen molar-refractivity contribution < 1.29 is 24.2 Å². The molecule has 1 amide bonds. The zero-order valence-corrected chi connectivity index (χ0v) is 15.9. The van der Waals surface area contributed by atoms with E-state index in [0.717, 1.165) is 12.8 Å². The Morgan fingerprint density at radius 2 is 1.96 bits per heavy atom. The summed E-state index contributed by atoms with van der Waals surface area (Å²) in [6.45, 7) is 7.15. The van der Waals surface area contributed by atoms with Crippen LogP contribution < -0.4 is 0 Å². The van der Waals surface area contributed by atoms with E-state index in [9.17, 15) is 9.59 Å². The number of carboxylic acid groups (broad SMARTS) is 1. The number of hydrogen-bond acceptors (Lipinski definition) is 4. The van der Waals surface area contributed by atoms with E-state index in [2.05, 4.69) is 20.8 Å². The summed E-state index contributed by atoms with van der Waals surface area (Å²) < 4.78 is 11.4. The van der Waals surface area contributed by atoms with E-state index < -0.39 is 5.97 Å². The van der Waals surface area contributed by atoms with Crippen LogP contribution in [0.1, 0.15) is 52.9 Å². The molecular formula is C19H33NO5. The number of carboxylic acids is 1. The number of aliphatic carboxylic acids is 1. The first-order valence-corrected chi connectivity index (χ1v) is 9.47. The third-order valence-electron chi connectivity index (χ3n) is 5.82. The van der Waals surface area contributed by atoms with Crippen LogP contribution in [0, 0.1) is 17.8 Å². The summed E-state index contributed by atoms with van der Waals surface area (Å²) >= 11 is 0. The van der Waals surface area contributed by atoms with Crippen molar-refractivity contribution in [2.24, 2.45) is 17.8 Å². The van der Waals surface area contributed by atoms with Gasteiger partial charge in [-0.3, -0.25) is 9.59 Å². The van der Waals surface area contributed by atoms with E-state index >= 15 is 0 Å². The Kier molecular flexibility index (Phi) is 7.25. The van der Waals surface area contributed by atoms with Crippen molar-refractivity contribution in [1.29, 1.82) is 0 Å². The van der Waals surface area contributed by atoms with Crippen molar-refractivity contribution in [2.45, 2.75) is 71.1 Å². The van der Waals surface area contributed by atoms with Gasteiger partial charge in [0.2, 0.25) is 5.91 Å². The summed E-state index contributed by atoms with van der Waals surface area (Å²) in [5.41, 5.74) is 0. The van der Waals surface area contributed by atoms with Gasteiger partial charge in [-0.1, -0.05) is 27.2 Å². The summed E-state index contributed by atoms with van der Waals surface area (Å²) in [5, 5.41) is 9.08. The third-order valence-corrected chi connectivity index (χ3v) is 5.82. The van der Waals surface area contributed by atoms with E-state index in [4.69, 9.17) is 14.6 Å². The van der Waals surface area contributed by atoms with E-state index in [0.29, 0.717) is 30.7 Å². The minimum absolute atomic E-state index is 0.0349. The fourth-order valence-electron chi connectivity index (χ4n) is 4.31. The van der Waals surface area contributed by atoms with E-state index in [1.165, 1.54) is 6.42 Å². The van der Waals surface area contributed by atoms with Crippen molar-refractivity contribution in [3.05, 3.63) is 0 Å². The number of nitrogens with zero attached hydrogens (tertiary/aromatic N) is 1. The van der Waals surface area contributed by atoms with Crippen LogP contribution >= 0.6 is 0 Å². The summed E-state index contributed by atoms with van der Waals surface area (Å²) in [6.07, 6.45) is 3.92. The summed E-state index contributed by atoms with van der Waals surface area (Å²) in [5.74, 6) is 0.647. The lowest BCUT2D eigenvalue weighted by Crippen LogP contribution is -2.42. The van der Waals surface area contributed by atoms with Crippen LogP contribution in [0.25, 0.3) is 0 Å². The number of rotatable bonds is 7. The Hall–Kier alpha value is -1.14. The first-order valence-electron chi connectivity index (χ1n) is 9.47. The molecule has 2 aliphatic rings. The molecule has 0 bridgehead atoms. The monoisotopic (exact) mass is 355 g/mol. The zero-order chi connectivity index (χ0) is 18.6. The van der Waals surface area contributed by atoms with Crippen molar-refractivity contribution in [3.8, 4) is 0 Å². The van der Waals surface area contributed by atoms with Gasteiger partial charge in [0.25, 0.3) is 0 Å². The van der Waals surface area contributed by atoms with Gasteiger partial charge in [-0.15, -0.1) is 0 Å². The van der Waals surface area contributed by atoms with Crippen molar-refractivity contribution in [3.63, 3.8) is 0 Å². The summed E-state index contributed by atoms with van der Waals surface area (Å²) in [4.78, 5) is 25.4. The molecule has 1 aliphatic carbocycles. The van der Waals surface area contributed by atoms with Crippen LogP contribution in [0.2, 0.25) is 0 Å². The van der Waals surface area contributed by atoms with Crippen LogP contribution in [0.15, 0.2) is 0 Å². The third kappa shape index (κ3) is 5.42. The van der Waals surface area contributed by atoms with E-state index in [1.807, 2.05) is 0 Å². The van der Waals surface area contributed by atoms with Crippen LogP contribution in [0.4, 0.5) is 0 Å². The van der Waals surface area contributed by atoms with E-state index in [1.54, 1.807) is 12.0 Å². The van der Waals surface area contributed by atoms with Crippen LogP contribution in [-0.2, 0) is 19.1 Å². The van der Waals surface area contributed by atoms with Gasteiger partial charge in [-0.2, -0.15) is 0 Å². The molecule has 1 aliphatic heterocycles. The van der Waals surface area contributed by atoms with Gasteiger partial charge >= 0.3 is 5.97 Å². The maximum Gasteiger partial charge on any atom is 0.305 e. The Morgan fingerprint density at radius 1 is 1.24 bits per heavy atom. The topological polar surface area (TPSA) is 76.1 Å². The quantitative estimate of drug-likeness (QED) is 0.759. The van der Waals surface area contributed by atoms with Gasteiger partial charge in [0.15, 0.2) is 0 Å². The molecule has 25 heavy (non-hydrogen) atoms. The molecule has 1 heterocycles. The van der Waals surface area contributed by atoms with Gasteiger partial charge < -0.3 is 19.5 Å². The number of ether oxygens (including phenoxy) is 2. The standard InChI is InChI=1S/C19H33NO5/c1-12(2)16-6-5-13(3)7-17(16)25-11-18(21)20-10-15(24-4)8-14(20)9-19(22)23/h12-17H,5-11H2,1-4H3,(H,22,23). The number of methoxy groups -OCH3 is 1. The average Bonchev–Trinajstić information content (AvgIpc) is 2.94. The predicted molar refractivity (Wildman–Crippen MR) is 94.3 cm³/mol.